The van der Waals surface area contributed by atoms with Crippen molar-refractivity contribution in [3.8, 4) is 11.5 Å². The van der Waals surface area contributed by atoms with Crippen LogP contribution in [0.2, 0.25) is 0 Å². The van der Waals surface area contributed by atoms with E-state index in [0.29, 0.717) is 24.4 Å². The fourth-order valence-corrected chi connectivity index (χ4v) is 5.20. The number of nitrogens with zero attached hydrogens (tertiary/aromatic N) is 1. The number of fused-ring (bicyclic) bond motifs is 1. The Balaban J connectivity index is 1.33. The molecule has 1 saturated carbocycles. The number of carbonyl (C=O) groups excluding carboxylic acids is 1. The normalized spacial score (nSPS) is 26.6. The highest BCUT2D eigenvalue weighted by Crippen LogP contribution is 2.48. The van der Waals surface area contributed by atoms with Gasteiger partial charge in [-0.25, -0.2) is 0 Å². The van der Waals surface area contributed by atoms with E-state index in [1.165, 1.54) is 24.9 Å². The summed E-state index contributed by atoms with van der Waals surface area (Å²) in [5.41, 5.74) is 2.40. The first-order valence-corrected chi connectivity index (χ1v) is 11.3. The molecule has 2 heterocycles. The van der Waals surface area contributed by atoms with Crippen LogP contribution in [0.1, 0.15) is 43.2 Å². The third kappa shape index (κ3) is 3.91. The molecule has 4 atom stereocenters. The summed E-state index contributed by atoms with van der Waals surface area (Å²) in [5, 5.41) is 0. The van der Waals surface area contributed by atoms with E-state index >= 15 is 0 Å². The fourth-order valence-electron chi connectivity index (χ4n) is 5.20. The first-order chi connectivity index (χ1) is 14.7. The largest absolute Gasteiger partial charge is 0.454 e. The van der Waals surface area contributed by atoms with Gasteiger partial charge in [0.1, 0.15) is 6.04 Å². The molecule has 1 amide bonds. The van der Waals surface area contributed by atoms with Gasteiger partial charge in [-0.2, -0.15) is 0 Å². The molecule has 2 aromatic carbocycles. The Hall–Kier alpha value is -2.53. The monoisotopic (exact) mass is 407 g/mol. The lowest BCUT2D eigenvalue weighted by Gasteiger charge is -2.29. The molecule has 158 valence electrons. The number of likely N-dealkylation sites (tertiary alicyclic amines) is 1. The number of hydrogen-bond donors (Lipinski definition) is 1. The average Bonchev–Trinajstić information content (AvgIpc) is 3.22. The molecule has 1 N–H and O–H groups in total. The summed E-state index contributed by atoms with van der Waals surface area (Å²) < 4.78 is 11.0. The highest BCUT2D eigenvalue weighted by molar-refractivity contribution is 5.83. The molecular formula is C25H31N2O3+. The molecule has 0 radical (unpaired) electrons. The molecule has 3 aliphatic rings. The van der Waals surface area contributed by atoms with Crippen LogP contribution in [0.25, 0.3) is 0 Å². The first kappa shape index (κ1) is 19.4. The Kier molecular flexibility index (Phi) is 5.38. The highest BCUT2D eigenvalue weighted by Gasteiger charge is 2.46. The molecule has 1 saturated heterocycles. The number of nitrogens with one attached hydrogen (secondary N) is 1. The Bertz CT molecular complexity index is 901. The number of benzene rings is 2. The van der Waals surface area contributed by atoms with Gasteiger partial charge in [-0.1, -0.05) is 36.4 Å². The minimum Gasteiger partial charge on any atom is -0.454 e. The predicted octanol–water partition coefficient (Wildman–Crippen LogP) is 2.61. The number of quaternary nitrogens is 1. The maximum Gasteiger partial charge on any atom is 0.231 e. The van der Waals surface area contributed by atoms with Gasteiger partial charge in [0.2, 0.25) is 12.7 Å². The Morgan fingerprint density at radius 2 is 1.97 bits per heavy atom. The molecule has 2 aliphatic heterocycles. The van der Waals surface area contributed by atoms with E-state index < -0.39 is 0 Å². The summed E-state index contributed by atoms with van der Waals surface area (Å²) in [6, 6.07) is 17.1. The summed E-state index contributed by atoms with van der Waals surface area (Å²) in [4.78, 5) is 17.3. The van der Waals surface area contributed by atoms with Crippen molar-refractivity contribution in [1.29, 1.82) is 0 Å². The molecular weight excluding hydrogens is 376 g/mol. The summed E-state index contributed by atoms with van der Waals surface area (Å²) >= 11 is 0. The SMILES string of the molecule is CC[NH+]1CCC[C@@H]1CN(Cc1ccc2c(c1)OCO2)C(=O)[C@@H]1C[C@H]1c1ccccc1. The van der Waals surface area contributed by atoms with Crippen LogP contribution >= 0.6 is 0 Å². The lowest BCUT2D eigenvalue weighted by Crippen LogP contribution is -3.14. The summed E-state index contributed by atoms with van der Waals surface area (Å²) in [5.74, 6) is 2.38. The molecule has 5 nitrogen and oxygen atoms in total. The van der Waals surface area contributed by atoms with Crippen LogP contribution in [0.3, 0.4) is 0 Å². The predicted molar refractivity (Wildman–Crippen MR) is 115 cm³/mol. The Morgan fingerprint density at radius 1 is 1.13 bits per heavy atom. The average molecular weight is 408 g/mol. The van der Waals surface area contributed by atoms with Gasteiger partial charge in [0, 0.05) is 25.3 Å². The van der Waals surface area contributed by atoms with E-state index in [4.69, 9.17) is 9.47 Å². The van der Waals surface area contributed by atoms with Gasteiger partial charge in [-0.05, 0) is 42.5 Å². The topological polar surface area (TPSA) is 43.2 Å². The van der Waals surface area contributed by atoms with Gasteiger partial charge in [-0.3, -0.25) is 4.79 Å². The number of ether oxygens (including phenoxy) is 2. The maximum absolute atomic E-state index is 13.6. The van der Waals surface area contributed by atoms with Gasteiger partial charge < -0.3 is 19.3 Å². The fraction of sp³-hybridized carbons (Fsp3) is 0.480. The number of amides is 1. The molecule has 2 fully saturated rings. The van der Waals surface area contributed by atoms with E-state index in [1.54, 1.807) is 4.90 Å². The van der Waals surface area contributed by atoms with E-state index in [-0.39, 0.29) is 12.7 Å². The third-order valence-corrected chi connectivity index (χ3v) is 6.98. The minimum atomic E-state index is 0.118. The molecule has 5 heteroatoms. The van der Waals surface area contributed by atoms with E-state index in [9.17, 15) is 4.79 Å². The van der Waals surface area contributed by atoms with Crippen LogP contribution in [0.4, 0.5) is 0 Å². The molecule has 30 heavy (non-hydrogen) atoms. The van der Waals surface area contributed by atoms with Gasteiger partial charge in [0.25, 0.3) is 0 Å². The van der Waals surface area contributed by atoms with E-state index in [2.05, 4.69) is 42.2 Å². The third-order valence-electron chi connectivity index (χ3n) is 6.98. The second-order valence-electron chi connectivity index (χ2n) is 8.87. The Morgan fingerprint density at radius 3 is 2.80 bits per heavy atom. The molecule has 1 unspecified atom stereocenters. The van der Waals surface area contributed by atoms with Crippen molar-refractivity contribution in [2.75, 3.05) is 26.4 Å². The molecule has 0 bridgehead atoms. The second-order valence-corrected chi connectivity index (χ2v) is 8.87. The van der Waals surface area contributed by atoms with Crippen LogP contribution < -0.4 is 14.4 Å². The van der Waals surface area contributed by atoms with Crippen molar-refractivity contribution in [3.05, 3.63) is 59.7 Å². The van der Waals surface area contributed by atoms with Crippen molar-refractivity contribution >= 4 is 5.91 Å². The van der Waals surface area contributed by atoms with Crippen LogP contribution in [-0.2, 0) is 11.3 Å². The maximum atomic E-state index is 13.6. The van der Waals surface area contributed by atoms with Gasteiger partial charge in [-0.15, -0.1) is 0 Å². The van der Waals surface area contributed by atoms with Crippen molar-refractivity contribution in [3.63, 3.8) is 0 Å². The summed E-state index contributed by atoms with van der Waals surface area (Å²) in [6.45, 7) is 6.37. The number of carbonyl (C=O) groups is 1. The zero-order valence-corrected chi connectivity index (χ0v) is 17.7. The lowest BCUT2D eigenvalue weighted by atomic mass is 10.1. The molecule has 5 rings (SSSR count). The van der Waals surface area contributed by atoms with Crippen molar-refractivity contribution < 1.29 is 19.2 Å². The number of rotatable bonds is 7. The summed E-state index contributed by atoms with van der Waals surface area (Å²) in [7, 11) is 0. The molecule has 2 aromatic rings. The van der Waals surface area contributed by atoms with E-state index in [1.807, 2.05) is 18.2 Å². The Labute approximate surface area is 178 Å². The summed E-state index contributed by atoms with van der Waals surface area (Å²) in [6.07, 6.45) is 3.44. The van der Waals surface area contributed by atoms with Gasteiger partial charge in [0.15, 0.2) is 11.5 Å². The number of hydrogen-bond acceptors (Lipinski definition) is 3. The van der Waals surface area contributed by atoms with Gasteiger partial charge >= 0.3 is 0 Å². The zero-order chi connectivity index (χ0) is 20.5. The molecule has 1 aliphatic carbocycles. The smallest absolute Gasteiger partial charge is 0.231 e. The molecule has 0 spiro atoms. The highest BCUT2D eigenvalue weighted by atomic mass is 16.7. The second kappa shape index (κ2) is 8.31. The number of likely N-dealkylation sites (N-methyl/N-ethyl adjacent to an activating group) is 1. The first-order valence-electron chi connectivity index (χ1n) is 11.3. The standard InChI is InChI=1S/C25H30N2O3/c1-2-26-12-6-9-20(26)16-27(15-18-10-11-23-24(13-18)30-17-29-23)25(28)22-14-21(22)19-7-4-3-5-8-19/h3-5,7-8,10-11,13,20-22H,2,6,9,12,14-17H2,1H3/p+1/t20-,21+,22-/m1/s1. The van der Waals surface area contributed by atoms with Crippen molar-refractivity contribution in [2.24, 2.45) is 5.92 Å². The van der Waals surface area contributed by atoms with Crippen molar-refractivity contribution in [2.45, 2.75) is 44.7 Å². The molecule has 0 aromatic heterocycles. The van der Waals surface area contributed by atoms with E-state index in [0.717, 1.165) is 36.6 Å². The van der Waals surface area contributed by atoms with Gasteiger partial charge in [0.05, 0.1) is 19.6 Å². The van der Waals surface area contributed by atoms with Crippen LogP contribution in [0.15, 0.2) is 48.5 Å². The van der Waals surface area contributed by atoms with Crippen LogP contribution in [0, 0.1) is 5.92 Å². The lowest BCUT2D eigenvalue weighted by molar-refractivity contribution is -0.909. The quantitative estimate of drug-likeness (QED) is 0.767. The minimum absolute atomic E-state index is 0.118. The van der Waals surface area contributed by atoms with Crippen molar-refractivity contribution in [1.82, 2.24) is 4.90 Å². The van der Waals surface area contributed by atoms with Crippen LogP contribution in [0.5, 0.6) is 11.5 Å². The zero-order valence-electron chi connectivity index (χ0n) is 17.7. The van der Waals surface area contributed by atoms with Crippen LogP contribution in [-0.4, -0.2) is 43.3 Å².